The number of rotatable bonds is 0. The Balaban J connectivity index is 0.000001000. The van der Waals surface area contributed by atoms with E-state index in [0.717, 1.165) is 12.1 Å². The van der Waals surface area contributed by atoms with Crippen molar-refractivity contribution in [2.75, 3.05) is 14.1 Å². The molecular formula is C9H20IN. The van der Waals surface area contributed by atoms with Gasteiger partial charge in [-0.05, 0) is 33.1 Å². The molecule has 1 saturated heterocycles. The van der Waals surface area contributed by atoms with Crippen LogP contribution in [0.2, 0.25) is 0 Å². The van der Waals surface area contributed by atoms with Gasteiger partial charge in [-0.25, -0.2) is 0 Å². The maximum atomic E-state index is 2.37. The molecule has 1 aliphatic rings. The number of nitrogens with zero attached hydrogens (tertiary/aromatic N) is 1. The van der Waals surface area contributed by atoms with E-state index in [1.165, 1.54) is 23.7 Å². The van der Waals surface area contributed by atoms with Crippen LogP contribution in [-0.4, -0.2) is 30.7 Å². The molecule has 68 valence electrons. The van der Waals surface area contributed by atoms with Gasteiger partial charge in [0.05, 0.1) is 26.2 Å². The second-order valence-electron chi connectivity index (χ2n) is 4.26. The van der Waals surface area contributed by atoms with Crippen LogP contribution in [0.4, 0.5) is 0 Å². The molecule has 1 nitrogen and oxygen atoms in total. The van der Waals surface area contributed by atoms with Crippen molar-refractivity contribution < 1.29 is 28.5 Å². The Bertz CT molecular complexity index is 111. The van der Waals surface area contributed by atoms with Crippen LogP contribution in [0, 0.1) is 0 Å². The molecular weight excluding hydrogens is 249 g/mol. The van der Waals surface area contributed by atoms with Gasteiger partial charge in [-0.15, -0.1) is 0 Å². The molecule has 0 aromatic carbocycles. The molecule has 1 fully saturated rings. The summed E-state index contributed by atoms with van der Waals surface area (Å²) in [5, 5.41) is 0. The first-order chi connectivity index (χ1) is 4.55. The van der Waals surface area contributed by atoms with E-state index in [4.69, 9.17) is 0 Å². The summed E-state index contributed by atoms with van der Waals surface area (Å²) < 4.78 is 1.22. The third-order valence-corrected chi connectivity index (χ3v) is 3.52. The van der Waals surface area contributed by atoms with E-state index in [1.54, 1.807) is 0 Å². The van der Waals surface area contributed by atoms with E-state index in [0.29, 0.717) is 0 Å². The zero-order chi connectivity index (χ0) is 7.78. The van der Waals surface area contributed by atoms with E-state index in [9.17, 15) is 0 Å². The maximum Gasteiger partial charge on any atom is 0.0859 e. The average Bonchev–Trinajstić information content (AvgIpc) is 1.84. The minimum Gasteiger partial charge on any atom is -1.00 e. The number of likely N-dealkylation sites (tertiary alicyclic amines) is 1. The number of hydrogen-bond acceptors (Lipinski definition) is 0. The van der Waals surface area contributed by atoms with Gasteiger partial charge in [-0.3, -0.25) is 0 Å². The van der Waals surface area contributed by atoms with Gasteiger partial charge in [0, 0.05) is 0 Å². The van der Waals surface area contributed by atoms with Gasteiger partial charge in [-0.2, -0.15) is 0 Å². The summed E-state index contributed by atoms with van der Waals surface area (Å²) in [5.41, 5.74) is 0. The molecule has 0 aromatic heterocycles. The van der Waals surface area contributed by atoms with Gasteiger partial charge in [0.15, 0.2) is 0 Å². The van der Waals surface area contributed by atoms with E-state index in [1.807, 2.05) is 0 Å². The lowest BCUT2D eigenvalue weighted by Crippen LogP contribution is -3.00. The van der Waals surface area contributed by atoms with Crippen molar-refractivity contribution in [3.63, 3.8) is 0 Å². The SMILES string of the molecule is C[C@@H]1CCC[C@H](C)[N+]1(C)C.[I-]. The molecule has 0 aromatic rings. The number of quaternary nitrogens is 1. The maximum absolute atomic E-state index is 2.37. The van der Waals surface area contributed by atoms with Crippen molar-refractivity contribution in [2.24, 2.45) is 0 Å². The Kier molecular flexibility index (Phi) is 4.33. The van der Waals surface area contributed by atoms with Crippen LogP contribution in [0.3, 0.4) is 0 Å². The molecule has 11 heavy (non-hydrogen) atoms. The van der Waals surface area contributed by atoms with Gasteiger partial charge < -0.3 is 28.5 Å². The third-order valence-electron chi connectivity index (χ3n) is 3.52. The summed E-state index contributed by atoms with van der Waals surface area (Å²) in [5.74, 6) is 0. The predicted molar refractivity (Wildman–Crippen MR) is 44.9 cm³/mol. The Morgan fingerprint density at radius 1 is 1.00 bits per heavy atom. The van der Waals surface area contributed by atoms with Gasteiger partial charge in [0.2, 0.25) is 0 Å². The van der Waals surface area contributed by atoms with E-state index in [-0.39, 0.29) is 24.0 Å². The lowest BCUT2D eigenvalue weighted by molar-refractivity contribution is -0.940. The van der Waals surface area contributed by atoms with Crippen LogP contribution in [0.15, 0.2) is 0 Å². The van der Waals surface area contributed by atoms with Crippen molar-refractivity contribution in [2.45, 2.75) is 45.2 Å². The molecule has 0 N–H and O–H groups in total. The number of halogens is 1. The molecule has 1 heterocycles. The molecule has 1 rings (SSSR count). The molecule has 0 bridgehead atoms. The Morgan fingerprint density at radius 3 is 1.64 bits per heavy atom. The molecule has 2 atom stereocenters. The summed E-state index contributed by atoms with van der Waals surface area (Å²) in [6, 6.07) is 1.73. The minimum absolute atomic E-state index is 0. The lowest BCUT2D eigenvalue weighted by atomic mass is 9.96. The average molecular weight is 269 g/mol. The first-order valence-corrected chi connectivity index (χ1v) is 4.38. The minimum atomic E-state index is 0. The highest BCUT2D eigenvalue weighted by Crippen LogP contribution is 2.26. The Morgan fingerprint density at radius 2 is 1.36 bits per heavy atom. The summed E-state index contributed by atoms with van der Waals surface area (Å²) in [7, 11) is 4.71. The summed E-state index contributed by atoms with van der Waals surface area (Å²) in [4.78, 5) is 0. The number of hydrogen-bond donors (Lipinski definition) is 0. The first-order valence-electron chi connectivity index (χ1n) is 4.38. The zero-order valence-electron chi connectivity index (χ0n) is 8.10. The summed E-state index contributed by atoms with van der Waals surface area (Å²) in [6.07, 6.45) is 4.26. The first kappa shape index (κ1) is 11.7. The standard InChI is InChI=1S/C9H20N.HI/c1-8-6-5-7-9(2)10(8,3)4;/h8-9H,5-7H2,1-4H3;1H/q+1;/p-1/t8-,9+;. The highest BCUT2D eigenvalue weighted by atomic mass is 127. The molecule has 0 amide bonds. The Hall–Kier alpha value is 0.690. The van der Waals surface area contributed by atoms with E-state index >= 15 is 0 Å². The van der Waals surface area contributed by atoms with Gasteiger partial charge >= 0.3 is 0 Å². The van der Waals surface area contributed by atoms with Gasteiger partial charge in [0.25, 0.3) is 0 Å². The highest BCUT2D eigenvalue weighted by molar-refractivity contribution is 4.64. The summed E-state index contributed by atoms with van der Waals surface area (Å²) in [6.45, 7) is 4.74. The molecule has 0 saturated carbocycles. The van der Waals surface area contributed by atoms with E-state index < -0.39 is 0 Å². The normalized spacial score (nSPS) is 36.0. The fourth-order valence-corrected chi connectivity index (χ4v) is 1.81. The number of piperidine rings is 1. The molecule has 0 aliphatic carbocycles. The lowest BCUT2D eigenvalue weighted by Gasteiger charge is -2.45. The monoisotopic (exact) mass is 269 g/mol. The topological polar surface area (TPSA) is 0 Å². The van der Waals surface area contributed by atoms with Gasteiger partial charge in [-0.1, -0.05) is 0 Å². The predicted octanol–water partition coefficient (Wildman–Crippen LogP) is -0.972. The van der Waals surface area contributed by atoms with Crippen LogP contribution in [0.1, 0.15) is 33.1 Å². The van der Waals surface area contributed by atoms with Crippen molar-refractivity contribution in [1.82, 2.24) is 0 Å². The quantitative estimate of drug-likeness (QED) is 0.392. The van der Waals surface area contributed by atoms with Crippen molar-refractivity contribution in [3.8, 4) is 0 Å². The molecule has 0 radical (unpaired) electrons. The van der Waals surface area contributed by atoms with Crippen LogP contribution in [0.5, 0.6) is 0 Å². The zero-order valence-corrected chi connectivity index (χ0v) is 10.3. The second kappa shape index (κ2) is 4.08. The van der Waals surface area contributed by atoms with E-state index in [2.05, 4.69) is 27.9 Å². The molecule has 2 heteroatoms. The van der Waals surface area contributed by atoms with Crippen molar-refractivity contribution in [3.05, 3.63) is 0 Å². The third kappa shape index (κ3) is 2.31. The largest absolute Gasteiger partial charge is 1.00 e. The summed E-state index contributed by atoms with van der Waals surface area (Å²) >= 11 is 0. The second-order valence-corrected chi connectivity index (χ2v) is 4.26. The van der Waals surface area contributed by atoms with Crippen LogP contribution in [-0.2, 0) is 0 Å². The van der Waals surface area contributed by atoms with Crippen LogP contribution < -0.4 is 24.0 Å². The molecule has 1 aliphatic heterocycles. The van der Waals surface area contributed by atoms with Crippen LogP contribution >= 0.6 is 0 Å². The fraction of sp³-hybridized carbons (Fsp3) is 1.00. The molecule has 0 unspecified atom stereocenters. The van der Waals surface area contributed by atoms with Crippen LogP contribution in [0.25, 0.3) is 0 Å². The smallest absolute Gasteiger partial charge is 0.0859 e. The van der Waals surface area contributed by atoms with Crippen molar-refractivity contribution >= 4 is 0 Å². The van der Waals surface area contributed by atoms with Crippen molar-refractivity contribution in [1.29, 1.82) is 0 Å². The molecule has 0 spiro atoms. The highest BCUT2D eigenvalue weighted by Gasteiger charge is 2.33. The van der Waals surface area contributed by atoms with Gasteiger partial charge in [0.1, 0.15) is 0 Å². The fourth-order valence-electron chi connectivity index (χ4n) is 1.81. The Labute approximate surface area is 87.8 Å².